The lowest BCUT2D eigenvalue weighted by Gasteiger charge is -2.09. The third-order valence-electron chi connectivity index (χ3n) is 2.32. The molecule has 18 heavy (non-hydrogen) atoms. The van der Waals surface area contributed by atoms with Gasteiger partial charge in [0.05, 0.1) is 0 Å². The number of hydrogen-bond acceptors (Lipinski definition) is 1. The third-order valence-corrected chi connectivity index (χ3v) is 2.55. The van der Waals surface area contributed by atoms with Crippen molar-refractivity contribution in [3.63, 3.8) is 0 Å². The molecule has 0 amide bonds. The van der Waals surface area contributed by atoms with Gasteiger partial charge in [0.2, 0.25) is 0 Å². The average Bonchev–Trinajstić information content (AvgIpc) is 2.36. The van der Waals surface area contributed by atoms with Gasteiger partial charge in [0.15, 0.2) is 5.96 Å². The van der Waals surface area contributed by atoms with E-state index in [1.807, 2.05) is 31.2 Å². The molecule has 0 aliphatic heterocycles. The molecule has 0 aliphatic carbocycles. The van der Waals surface area contributed by atoms with E-state index in [1.165, 1.54) is 5.56 Å². The van der Waals surface area contributed by atoms with E-state index in [-0.39, 0.29) is 0 Å². The van der Waals surface area contributed by atoms with Crippen molar-refractivity contribution in [2.24, 2.45) is 4.99 Å². The first-order valence-corrected chi connectivity index (χ1v) is 6.51. The number of hydrogen-bond donors (Lipinski definition) is 2. The Morgan fingerprint density at radius 1 is 1.44 bits per heavy atom. The number of nitrogens with one attached hydrogen (secondary N) is 2. The Kier molecular flexibility index (Phi) is 6.96. The molecule has 0 bridgehead atoms. The zero-order chi connectivity index (χ0) is 13.2. The quantitative estimate of drug-likeness (QED) is 0.471. The molecule has 0 aliphatic rings. The van der Waals surface area contributed by atoms with Gasteiger partial charge in [0.25, 0.3) is 0 Å². The summed E-state index contributed by atoms with van der Waals surface area (Å²) in [7, 11) is 0. The van der Waals surface area contributed by atoms with Gasteiger partial charge in [-0.25, -0.2) is 0 Å². The van der Waals surface area contributed by atoms with Gasteiger partial charge in [-0.05, 0) is 31.0 Å². The second-order valence-electron chi connectivity index (χ2n) is 3.81. The van der Waals surface area contributed by atoms with E-state index in [9.17, 15) is 0 Å². The molecule has 98 valence electrons. The minimum atomic E-state index is 0.711. The fourth-order valence-electron chi connectivity index (χ4n) is 1.50. The van der Waals surface area contributed by atoms with Gasteiger partial charge in [-0.1, -0.05) is 29.8 Å². The molecule has 3 nitrogen and oxygen atoms in total. The fourth-order valence-corrected chi connectivity index (χ4v) is 1.71. The molecule has 0 aromatic heterocycles. The number of halogens is 1. The minimum Gasteiger partial charge on any atom is -0.357 e. The second-order valence-corrected chi connectivity index (χ2v) is 4.25. The summed E-state index contributed by atoms with van der Waals surface area (Å²) in [5.41, 5.74) is 1.20. The normalized spacial score (nSPS) is 11.1. The first-order valence-electron chi connectivity index (χ1n) is 6.13. The first kappa shape index (κ1) is 14.6. The molecule has 0 saturated heterocycles. The van der Waals surface area contributed by atoms with Crippen LogP contribution in [-0.2, 0) is 6.42 Å². The number of aliphatic imine (C=N–C) groups is 1. The van der Waals surface area contributed by atoms with Gasteiger partial charge in [-0.2, -0.15) is 0 Å². The average molecular weight is 266 g/mol. The van der Waals surface area contributed by atoms with Gasteiger partial charge >= 0.3 is 0 Å². The largest absolute Gasteiger partial charge is 0.357 e. The van der Waals surface area contributed by atoms with E-state index in [1.54, 1.807) is 0 Å². The molecule has 1 aromatic carbocycles. The Morgan fingerprint density at radius 2 is 2.28 bits per heavy atom. The van der Waals surface area contributed by atoms with Crippen LogP contribution in [0, 0.1) is 0 Å². The van der Waals surface area contributed by atoms with Gasteiger partial charge in [-0.3, -0.25) is 4.99 Å². The van der Waals surface area contributed by atoms with Crippen LogP contribution in [0.1, 0.15) is 12.5 Å². The van der Waals surface area contributed by atoms with Crippen LogP contribution in [0.3, 0.4) is 0 Å². The summed E-state index contributed by atoms with van der Waals surface area (Å²) in [6.45, 7) is 8.00. The molecule has 4 heteroatoms. The Morgan fingerprint density at radius 3 is 2.94 bits per heavy atom. The number of nitrogens with zero attached hydrogens (tertiary/aromatic N) is 1. The molecule has 0 saturated carbocycles. The van der Waals surface area contributed by atoms with Gasteiger partial charge in [-0.15, -0.1) is 6.58 Å². The van der Waals surface area contributed by atoms with Crippen LogP contribution < -0.4 is 10.6 Å². The molecule has 0 fully saturated rings. The van der Waals surface area contributed by atoms with E-state index >= 15 is 0 Å². The van der Waals surface area contributed by atoms with Crippen LogP contribution in [0.2, 0.25) is 5.02 Å². The molecule has 1 aromatic rings. The van der Waals surface area contributed by atoms with Gasteiger partial charge < -0.3 is 10.6 Å². The molecule has 2 N–H and O–H groups in total. The van der Waals surface area contributed by atoms with Crippen molar-refractivity contribution in [3.05, 3.63) is 47.5 Å². The topological polar surface area (TPSA) is 36.4 Å². The van der Waals surface area contributed by atoms with Crippen molar-refractivity contribution in [3.8, 4) is 0 Å². The van der Waals surface area contributed by atoms with Crippen LogP contribution in [0.15, 0.2) is 41.9 Å². The number of benzene rings is 1. The fraction of sp³-hybridized carbons (Fsp3) is 0.357. The van der Waals surface area contributed by atoms with E-state index < -0.39 is 0 Å². The van der Waals surface area contributed by atoms with E-state index in [0.717, 1.165) is 30.5 Å². The Labute approximate surface area is 114 Å². The molecule has 0 spiro atoms. The molecule has 0 atom stereocenters. The maximum atomic E-state index is 5.93. The molecule has 0 radical (unpaired) electrons. The minimum absolute atomic E-state index is 0.711. The monoisotopic (exact) mass is 265 g/mol. The molecule has 1 rings (SSSR count). The van der Waals surface area contributed by atoms with Crippen LogP contribution in [-0.4, -0.2) is 25.6 Å². The van der Waals surface area contributed by atoms with Gasteiger partial charge in [0, 0.05) is 24.7 Å². The highest BCUT2D eigenvalue weighted by Crippen LogP contribution is 2.10. The van der Waals surface area contributed by atoms with Crippen molar-refractivity contribution in [2.75, 3.05) is 19.6 Å². The van der Waals surface area contributed by atoms with Crippen molar-refractivity contribution in [1.29, 1.82) is 0 Å². The van der Waals surface area contributed by atoms with Crippen LogP contribution >= 0.6 is 11.6 Å². The maximum Gasteiger partial charge on any atom is 0.191 e. The highest BCUT2D eigenvalue weighted by atomic mass is 35.5. The summed E-state index contributed by atoms with van der Waals surface area (Å²) < 4.78 is 0. The van der Waals surface area contributed by atoms with Crippen molar-refractivity contribution in [1.82, 2.24) is 10.6 Å². The highest BCUT2D eigenvalue weighted by Gasteiger charge is 1.96. The Bertz CT molecular complexity index is 402. The number of guanidine groups is 1. The SMILES string of the molecule is C=CCNC(=NCCc1cccc(Cl)c1)NCC. The summed E-state index contributed by atoms with van der Waals surface area (Å²) in [6, 6.07) is 7.87. The summed E-state index contributed by atoms with van der Waals surface area (Å²) in [4.78, 5) is 4.48. The predicted octanol–water partition coefficient (Wildman–Crippen LogP) is 2.62. The van der Waals surface area contributed by atoms with Crippen LogP contribution in [0.5, 0.6) is 0 Å². The van der Waals surface area contributed by atoms with Crippen LogP contribution in [0.4, 0.5) is 0 Å². The lowest BCUT2D eigenvalue weighted by molar-refractivity contribution is 0.851. The van der Waals surface area contributed by atoms with E-state index in [0.29, 0.717) is 6.54 Å². The summed E-state index contributed by atoms with van der Waals surface area (Å²) in [5, 5.41) is 7.11. The highest BCUT2D eigenvalue weighted by molar-refractivity contribution is 6.30. The second kappa shape index (κ2) is 8.59. The van der Waals surface area contributed by atoms with Crippen molar-refractivity contribution >= 4 is 17.6 Å². The smallest absolute Gasteiger partial charge is 0.191 e. The Hall–Kier alpha value is -1.48. The molecular formula is C14H20ClN3. The third kappa shape index (κ3) is 5.73. The predicted molar refractivity (Wildman–Crippen MR) is 79.3 cm³/mol. The summed E-state index contributed by atoms with van der Waals surface area (Å²) >= 11 is 5.93. The molecule has 0 heterocycles. The van der Waals surface area contributed by atoms with E-state index in [4.69, 9.17) is 11.6 Å². The van der Waals surface area contributed by atoms with Gasteiger partial charge in [0.1, 0.15) is 0 Å². The van der Waals surface area contributed by atoms with E-state index in [2.05, 4.69) is 28.3 Å². The lowest BCUT2D eigenvalue weighted by atomic mass is 10.1. The number of rotatable bonds is 6. The first-order chi connectivity index (χ1) is 8.76. The molecule has 0 unspecified atom stereocenters. The zero-order valence-corrected chi connectivity index (χ0v) is 11.5. The van der Waals surface area contributed by atoms with Crippen LogP contribution in [0.25, 0.3) is 0 Å². The molecular weight excluding hydrogens is 246 g/mol. The lowest BCUT2D eigenvalue weighted by Crippen LogP contribution is -2.37. The standard InChI is InChI=1S/C14H20ClN3/c1-3-9-17-14(16-4-2)18-10-8-12-6-5-7-13(15)11-12/h3,5-7,11H,1,4,8-10H2,2H3,(H2,16,17,18). The summed E-state index contributed by atoms with van der Waals surface area (Å²) in [5.74, 6) is 0.819. The maximum absolute atomic E-state index is 5.93. The Balaban J connectivity index is 2.47. The summed E-state index contributed by atoms with van der Waals surface area (Å²) in [6.07, 6.45) is 2.69. The zero-order valence-electron chi connectivity index (χ0n) is 10.7. The van der Waals surface area contributed by atoms with Crippen molar-refractivity contribution < 1.29 is 0 Å². The van der Waals surface area contributed by atoms with Crippen molar-refractivity contribution in [2.45, 2.75) is 13.3 Å².